The van der Waals surface area contributed by atoms with Gasteiger partial charge >= 0.3 is 0 Å². The number of imidazole rings is 1. The average molecular weight is 446 g/mol. The molecule has 0 saturated heterocycles. The monoisotopic (exact) mass is 445 g/mol. The number of hydrogen-bond acceptors (Lipinski definition) is 3. The Bertz CT molecular complexity index is 1270. The number of hydrogen-bond donors (Lipinski definition) is 1. The molecule has 1 aliphatic rings. The van der Waals surface area contributed by atoms with Crippen LogP contribution in [0.5, 0.6) is 0 Å². The molecule has 31 heavy (non-hydrogen) atoms. The van der Waals surface area contributed by atoms with E-state index in [0.29, 0.717) is 41.1 Å². The number of allylic oxidation sites excluding steroid dienone is 1. The van der Waals surface area contributed by atoms with Crippen LogP contribution in [0.4, 0.5) is 8.78 Å². The molecule has 4 rings (SSSR count). The summed E-state index contributed by atoms with van der Waals surface area (Å²) in [6, 6.07) is 11.5. The summed E-state index contributed by atoms with van der Waals surface area (Å²) in [6.07, 6.45) is 2.81. The number of benzene rings is 2. The van der Waals surface area contributed by atoms with Crippen molar-refractivity contribution in [1.29, 1.82) is 0 Å². The van der Waals surface area contributed by atoms with Gasteiger partial charge in [-0.3, -0.25) is 0 Å². The van der Waals surface area contributed by atoms with E-state index < -0.39 is 22.0 Å². The molecule has 1 aromatic heterocycles. The summed E-state index contributed by atoms with van der Waals surface area (Å²) in [4.78, 5) is 4.88. The standard InChI is InChI=1S/C23H25F2N3O2S/c1-4-28-21-14-18(23(3,24)25)10-12-20(21)26-22(28)15(2)27-31(29,30)19-11-9-16-7-5-6-8-17(16)13-19/h5-8,10,12-15,27H,4,9,11H2,1-3H3/t15-/m1/s1. The number of aryl methyl sites for hydroxylation is 2. The number of fused-ring (bicyclic) bond motifs is 2. The molecule has 0 radical (unpaired) electrons. The van der Waals surface area contributed by atoms with Crippen molar-refractivity contribution in [3.63, 3.8) is 0 Å². The maximum atomic E-state index is 13.8. The highest BCUT2D eigenvalue weighted by molar-refractivity contribution is 7.93. The molecule has 0 aliphatic heterocycles. The second kappa shape index (κ2) is 7.84. The third-order valence-electron chi connectivity index (χ3n) is 5.68. The van der Waals surface area contributed by atoms with Gasteiger partial charge in [-0.1, -0.05) is 30.3 Å². The first-order valence-corrected chi connectivity index (χ1v) is 11.8. The fourth-order valence-electron chi connectivity index (χ4n) is 4.06. The summed E-state index contributed by atoms with van der Waals surface area (Å²) in [5, 5.41) is 0. The van der Waals surface area contributed by atoms with Crippen LogP contribution in [-0.4, -0.2) is 18.0 Å². The minimum Gasteiger partial charge on any atom is -0.327 e. The van der Waals surface area contributed by atoms with Crippen LogP contribution in [0.3, 0.4) is 0 Å². The highest BCUT2D eigenvalue weighted by Crippen LogP contribution is 2.32. The summed E-state index contributed by atoms with van der Waals surface area (Å²) in [6.45, 7) is 4.93. The Morgan fingerprint density at radius 2 is 1.94 bits per heavy atom. The van der Waals surface area contributed by atoms with Crippen LogP contribution in [0, 0.1) is 0 Å². The summed E-state index contributed by atoms with van der Waals surface area (Å²) >= 11 is 0. The molecular formula is C23H25F2N3O2S. The van der Waals surface area contributed by atoms with Crippen molar-refractivity contribution in [2.24, 2.45) is 0 Å². The Morgan fingerprint density at radius 3 is 2.65 bits per heavy atom. The fourth-order valence-corrected chi connectivity index (χ4v) is 5.43. The van der Waals surface area contributed by atoms with Crippen molar-refractivity contribution in [2.45, 2.75) is 52.1 Å². The van der Waals surface area contributed by atoms with Gasteiger partial charge in [-0.2, -0.15) is 0 Å². The minimum atomic E-state index is -3.73. The van der Waals surface area contributed by atoms with Crippen LogP contribution < -0.4 is 4.72 Å². The van der Waals surface area contributed by atoms with E-state index in [4.69, 9.17) is 0 Å². The van der Waals surface area contributed by atoms with Crippen molar-refractivity contribution < 1.29 is 17.2 Å². The van der Waals surface area contributed by atoms with Gasteiger partial charge < -0.3 is 4.57 Å². The number of sulfonamides is 1. The molecular weight excluding hydrogens is 420 g/mol. The topological polar surface area (TPSA) is 64.0 Å². The summed E-state index contributed by atoms with van der Waals surface area (Å²) in [7, 11) is -3.73. The lowest BCUT2D eigenvalue weighted by atomic mass is 9.98. The van der Waals surface area contributed by atoms with E-state index in [1.54, 1.807) is 23.6 Å². The summed E-state index contributed by atoms with van der Waals surface area (Å²) < 4.78 is 58.2. The zero-order valence-corrected chi connectivity index (χ0v) is 18.5. The van der Waals surface area contributed by atoms with E-state index in [2.05, 4.69) is 9.71 Å². The van der Waals surface area contributed by atoms with Crippen molar-refractivity contribution in [1.82, 2.24) is 14.3 Å². The predicted octanol–water partition coefficient (Wildman–Crippen LogP) is 5.14. The van der Waals surface area contributed by atoms with E-state index in [9.17, 15) is 17.2 Å². The normalized spacial score (nSPS) is 15.6. The van der Waals surface area contributed by atoms with Crippen LogP contribution in [0.15, 0.2) is 47.4 Å². The van der Waals surface area contributed by atoms with Crippen LogP contribution in [0.25, 0.3) is 17.1 Å². The van der Waals surface area contributed by atoms with E-state index in [0.717, 1.165) is 18.1 Å². The van der Waals surface area contributed by atoms with E-state index in [1.807, 2.05) is 31.2 Å². The zero-order chi connectivity index (χ0) is 22.4. The lowest BCUT2D eigenvalue weighted by Crippen LogP contribution is -2.30. The molecule has 0 unspecified atom stereocenters. The van der Waals surface area contributed by atoms with Gasteiger partial charge in [-0.25, -0.2) is 26.9 Å². The van der Waals surface area contributed by atoms with Crippen molar-refractivity contribution in [3.8, 4) is 0 Å². The predicted molar refractivity (Wildman–Crippen MR) is 118 cm³/mol. The third-order valence-corrected chi connectivity index (χ3v) is 7.35. The first kappa shape index (κ1) is 21.6. The summed E-state index contributed by atoms with van der Waals surface area (Å²) in [5.41, 5.74) is 3.07. The third kappa shape index (κ3) is 4.14. The van der Waals surface area contributed by atoms with Crippen molar-refractivity contribution >= 4 is 27.1 Å². The largest absolute Gasteiger partial charge is 0.327 e. The molecule has 0 spiro atoms. The van der Waals surface area contributed by atoms with Gasteiger partial charge in [0.15, 0.2) is 0 Å². The van der Waals surface area contributed by atoms with Gasteiger partial charge in [0.25, 0.3) is 5.92 Å². The Labute approximate surface area is 180 Å². The number of nitrogens with one attached hydrogen (secondary N) is 1. The first-order valence-electron chi connectivity index (χ1n) is 10.3. The van der Waals surface area contributed by atoms with Crippen LogP contribution in [0.2, 0.25) is 0 Å². The maximum absolute atomic E-state index is 13.8. The van der Waals surface area contributed by atoms with Crippen LogP contribution in [0.1, 0.15) is 55.7 Å². The fraction of sp³-hybridized carbons (Fsp3) is 0.348. The molecule has 164 valence electrons. The number of nitrogens with zero attached hydrogens (tertiary/aromatic N) is 2. The molecule has 8 heteroatoms. The number of alkyl halides is 2. The lowest BCUT2D eigenvalue weighted by molar-refractivity contribution is 0.0176. The molecule has 0 amide bonds. The van der Waals surface area contributed by atoms with Crippen LogP contribution >= 0.6 is 0 Å². The SMILES string of the molecule is CCn1c([C@@H](C)NS(=O)(=O)C2=Cc3ccccc3CC2)nc2ccc(C(C)(F)F)cc21. The highest BCUT2D eigenvalue weighted by atomic mass is 32.2. The molecule has 0 bridgehead atoms. The number of aromatic nitrogens is 2. The average Bonchev–Trinajstić information content (AvgIpc) is 3.10. The molecule has 2 aromatic carbocycles. The molecule has 1 N–H and O–H groups in total. The van der Waals surface area contributed by atoms with Crippen LogP contribution in [-0.2, 0) is 28.9 Å². The maximum Gasteiger partial charge on any atom is 0.270 e. The van der Waals surface area contributed by atoms with Gasteiger partial charge in [0, 0.05) is 19.0 Å². The number of rotatable bonds is 6. The Balaban J connectivity index is 1.67. The Kier molecular flexibility index (Phi) is 5.47. The van der Waals surface area contributed by atoms with E-state index in [1.165, 1.54) is 12.1 Å². The summed E-state index contributed by atoms with van der Waals surface area (Å²) in [5.74, 6) is -2.47. The van der Waals surface area contributed by atoms with E-state index in [-0.39, 0.29) is 5.56 Å². The lowest BCUT2D eigenvalue weighted by Gasteiger charge is -2.20. The quantitative estimate of drug-likeness (QED) is 0.572. The Morgan fingerprint density at radius 1 is 1.19 bits per heavy atom. The van der Waals surface area contributed by atoms with Gasteiger partial charge in [0.05, 0.1) is 22.0 Å². The highest BCUT2D eigenvalue weighted by Gasteiger charge is 2.28. The smallest absolute Gasteiger partial charge is 0.270 e. The van der Waals surface area contributed by atoms with E-state index >= 15 is 0 Å². The minimum absolute atomic E-state index is 0.0968. The van der Waals surface area contributed by atoms with Gasteiger partial charge in [-0.05, 0) is 56.0 Å². The molecule has 0 fully saturated rings. The van der Waals surface area contributed by atoms with Gasteiger partial charge in [-0.15, -0.1) is 0 Å². The second-order valence-corrected chi connectivity index (χ2v) is 9.73. The molecule has 1 heterocycles. The molecule has 1 aliphatic carbocycles. The van der Waals surface area contributed by atoms with Gasteiger partial charge in [0.1, 0.15) is 5.82 Å². The molecule has 1 atom stereocenters. The van der Waals surface area contributed by atoms with Gasteiger partial charge in [0.2, 0.25) is 10.0 Å². The van der Waals surface area contributed by atoms with Crippen molar-refractivity contribution in [3.05, 3.63) is 69.9 Å². The first-order chi connectivity index (χ1) is 14.6. The zero-order valence-electron chi connectivity index (χ0n) is 17.7. The molecule has 5 nitrogen and oxygen atoms in total. The number of halogens is 2. The molecule has 0 saturated carbocycles. The second-order valence-electron chi connectivity index (χ2n) is 7.96. The van der Waals surface area contributed by atoms with Crippen molar-refractivity contribution in [2.75, 3.05) is 0 Å². The Hall–Kier alpha value is -2.58. The molecule has 3 aromatic rings.